The summed E-state index contributed by atoms with van der Waals surface area (Å²) in [5, 5.41) is 13.5. The topological polar surface area (TPSA) is 83.0 Å². The minimum absolute atomic E-state index is 0.0699. The second-order valence-corrected chi connectivity index (χ2v) is 6.21. The number of nitrogens with one attached hydrogen (secondary N) is 2. The summed E-state index contributed by atoms with van der Waals surface area (Å²) in [7, 11) is 0. The Labute approximate surface area is 156 Å². The van der Waals surface area contributed by atoms with Gasteiger partial charge in [-0.25, -0.2) is 4.39 Å². The third-order valence-corrected chi connectivity index (χ3v) is 3.94. The first-order chi connectivity index (χ1) is 13.1. The Morgan fingerprint density at radius 3 is 1.89 bits per heavy atom. The smallest absolute Gasteiger partial charge is 0.386 e. The van der Waals surface area contributed by atoms with Crippen molar-refractivity contribution in [3.05, 3.63) is 11.7 Å². The second-order valence-electron chi connectivity index (χ2n) is 6.21. The summed E-state index contributed by atoms with van der Waals surface area (Å²) >= 11 is 0. The minimum atomic E-state index is -4.71. The van der Waals surface area contributed by atoms with Gasteiger partial charge in [-0.3, -0.25) is 0 Å². The van der Waals surface area contributed by atoms with Gasteiger partial charge in [-0.05, 0) is 33.1 Å². The SMILES string of the molecule is [2H][C@@]1(O)CCCC(c2nc(NC(C)C(F)(F)F)nc(N[C@H](C)C(F)(F)F)n2)=C1F. The summed E-state index contributed by atoms with van der Waals surface area (Å²) in [6, 6.07) is -4.33. The van der Waals surface area contributed by atoms with E-state index in [2.05, 4.69) is 15.0 Å². The Kier molecular flexibility index (Phi) is 5.91. The van der Waals surface area contributed by atoms with Crippen LogP contribution in [-0.2, 0) is 0 Å². The standard InChI is InChI=1S/C15H18F7N5O/c1-6(14(17,18)19)23-12-25-11(8-4-3-5-9(28)10(8)16)26-13(27-12)24-7(2)15(20,21)22/h6-7,9,28H,3-5H2,1-2H3,(H2,23,24,25,26,27)/t6-,7?,9-/m1/s1/i9D. The van der Waals surface area contributed by atoms with Gasteiger partial charge in [0.25, 0.3) is 0 Å². The molecule has 2 rings (SSSR count). The number of hydrogen-bond donors (Lipinski definition) is 3. The highest BCUT2D eigenvalue weighted by Crippen LogP contribution is 2.33. The van der Waals surface area contributed by atoms with Gasteiger partial charge in [-0.2, -0.15) is 41.3 Å². The molecule has 0 amide bonds. The van der Waals surface area contributed by atoms with Crippen LogP contribution in [0, 0.1) is 0 Å². The highest BCUT2D eigenvalue weighted by molar-refractivity contribution is 5.65. The average Bonchev–Trinajstić information content (AvgIpc) is 2.55. The van der Waals surface area contributed by atoms with Crippen molar-refractivity contribution in [2.75, 3.05) is 10.6 Å². The van der Waals surface area contributed by atoms with Crippen molar-refractivity contribution in [3.63, 3.8) is 0 Å². The van der Waals surface area contributed by atoms with E-state index in [0.29, 0.717) is 0 Å². The van der Waals surface area contributed by atoms with Crippen LogP contribution in [0.2, 0.25) is 0 Å². The molecule has 28 heavy (non-hydrogen) atoms. The van der Waals surface area contributed by atoms with Crippen molar-refractivity contribution in [2.24, 2.45) is 0 Å². The van der Waals surface area contributed by atoms with Crippen LogP contribution in [0.4, 0.5) is 42.6 Å². The summed E-state index contributed by atoms with van der Waals surface area (Å²) in [6.45, 7) is 1.47. The largest absolute Gasteiger partial charge is 0.408 e. The molecule has 1 aliphatic carbocycles. The van der Waals surface area contributed by atoms with Crippen molar-refractivity contribution in [1.29, 1.82) is 0 Å². The van der Waals surface area contributed by atoms with Gasteiger partial charge in [0.1, 0.15) is 24.0 Å². The van der Waals surface area contributed by atoms with Crippen molar-refractivity contribution < 1.29 is 37.2 Å². The van der Waals surface area contributed by atoms with Crippen LogP contribution in [0.3, 0.4) is 0 Å². The van der Waals surface area contributed by atoms with E-state index in [1.165, 1.54) is 0 Å². The molecule has 3 atom stereocenters. The molecule has 0 spiro atoms. The van der Waals surface area contributed by atoms with Gasteiger partial charge >= 0.3 is 12.4 Å². The molecule has 0 aliphatic heterocycles. The first kappa shape index (κ1) is 20.6. The van der Waals surface area contributed by atoms with Crippen LogP contribution in [0.15, 0.2) is 5.83 Å². The number of aromatic nitrogens is 3. The van der Waals surface area contributed by atoms with Crippen LogP contribution in [0.25, 0.3) is 5.57 Å². The molecule has 0 aromatic carbocycles. The first-order valence-electron chi connectivity index (χ1n) is 8.65. The maximum absolute atomic E-state index is 14.4. The lowest BCUT2D eigenvalue weighted by Gasteiger charge is -2.22. The lowest BCUT2D eigenvalue weighted by molar-refractivity contribution is -0.139. The molecule has 1 aromatic heterocycles. The van der Waals surface area contributed by atoms with E-state index in [4.69, 9.17) is 1.37 Å². The molecule has 158 valence electrons. The third kappa shape index (κ3) is 5.42. The highest BCUT2D eigenvalue weighted by Gasteiger charge is 2.38. The normalized spacial score (nSPS) is 23.9. The quantitative estimate of drug-likeness (QED) is 0.631. The number of hydrogen-bond acceptors (Lipinski definition) is 6. The van der Waals surface area contributed by atoms with Crippen molar-refractivity contribution in [3.8, 4) is 0 Å². The van der Waals surface area contributed by atoms with E-state index < -0.39 is 54.1 Å². The van der Waals surface area contributed by atoms with Gasteiger partial charge in [0.15, 0.2) is 5.82 Å². The lowest BCUT2D eigenvalue weighted by Crippen LogP contribution is -2.35. The molecular formula is C15H18F7N5O. The van der Waals surface area contributed by atoms with Crippen LogP contribution in [0.1, 0.15) is 40.3 Å². The molecule has 0 saturated heterocycles. The zero-order valence-electron chi connectivity index (χ0n) is 15.7. The maximum atomic E-state index is 14.4. The van der Waals surface area contributed by atoms with E-state index in [1.54, 1.807) is 0 Å². The summed E-state index contributed by atoms with van der Waals surface area (Å²) in [6.07, 6.45) is -12.2. The van der Waals surface area contributed by atoms with E-state index in [-0.39, 0.29) is 24.8 Å². The van der Waals surface area contributed by atoms with Crippen molar-refractivity contribution >= 4 is 17.5 Å². The molecule has 0 radical (unpaired) electrons. The zero-order valence-corrected chi connectivity index (χ0v) is 14.7. The van der Waals surface area contributed by atoms with Crippen LogP contribution >= 0.6 is 0 Å². The van der Waals surface area contributed by atoms with Gasteiger partial charge in [0, 0.05) is 5.57 Å². The fraction of sp³-hybridized carbons (Fsp3) is 0.667. The predicted octanol–water partition coefficient (Wildman–Crippen LogP) is 3.82. The summed E-state index contributed by atoms with van der Waals surface area (Å²) < 4.78 is 98.7. The molecule has 1 heterocycles. The summed E-state index contributed by atoms with van der Waals surface area (Å²) in [5.74, 6) is -3.37. The van der Waals surface area contributed by atoms with Gasteiger partial charge in [0.2, 0.25) is 11.9 Å². The Bertz CT molecular complexity index is 741. The number of anilines is 2. The molecule has 0 bridgehead atoms. The minimum Gasteiger partial charge on any atom is -0.386 e. The highest BCUT2D eigenvalue weighted by atomic mass is 19.4. The van der Waals surface area contributed by atoms with Gasteiger partial charge in [-0.15, -0.1) is 0 Å². The molecule has 1 unspecified atom stereocenters. The van der Waals surface area contributed by atoms with E-state index in [1.807, 2.05) is 10.6 Å². The summed E-state index contributed by atoms with van der Waals surface area (Å²) in [4.78, 5) is 10.8. The Hall–Kier alpha value is -2.18. The number of allylic oxidation sites excluding steroid dienone is 1. The number of nitrogens with zero attached hydrogens (tertiary/aromatic N) is 3. The second kappa shape index (κ2) is 8.05. The van der Waals surface area contributed by atoms with Crippen LogP contribution in [-0.4, -0.2) is 50.6 Å². The number of halogens is 7. The Morgan fingerprint density at radius 2 is 1.46 bits per heavy atom. The molecule has 1 aliphatic rings. The van der Waals surface area contributed by atoms with Crippen LogP contribution in [0.5, 0.6) is 0 Å². The third-order valence-electron chi connectivity index (χ3n) is 3.94. The molecular weight excluding hydrogens is 399 g/mol. The predicted molar refractivity (Wildman–Crippen MR) is 86.0 cm³/mol. The molecule has 13 heteroatoms. The maximum Gasteiger partial charge on any atom is 0.408 e. The van der Waals surface area contributed by atoms with Crippen LogP contribution < -0.4 is 10.6 Å². The Balaban J connectivity index is 2.50. The fourth-order valence-corrected chi connectivity index (χ4v) is 2.23. The van der Waals surface area contributed by atoms with Gasteiger partial charge < -0.3 is 15.7 Å². The van der Waals surface area contributed by atoms with E-state index >= 15 is 0 Å². The van der Waals surface area contributed by atoms with Gasteiger partial charge in [-0.1, -0.05) is 0 Å². The Morgan fingerprint density at radius 1 is 1.00 bits per heavy atom. The van der Waals surface area contributed by atoms with E-state index in [0.717, 1.165) is 13.8 Å². The zero-order chi connectivity index (χ0) is 22.2. The average molecular weight is 418 g/mol. The number of aliphatic hydroxyl groups is 1. The first-order valence-corrected chi connectivity index (χ1v) is 8.15. The number of alkyl halides is 6. The molecule has 6 nitrogen and oxygen atoms in total. The molecule has 3 N–H and O–H groups in total. The lowest BCUT2D eigenvalue weighted by atomic mass is 9.96. The van der Waals surface area contributed by atoms with Crippen molar-refractivity contribution in [2.45, 2.75) is 63.6 Å². The van der Waals surface area contributed by atoms with Crippen molar-refractivity contribution in [1.82, 2.24) is 15.0 Å². The molecule has 0 saturated carbocycles. The molecule has 1 aromatic rings. The molecule has 0 fully saturated rings. The number of rotatable bonds is 5. The fourth-order valence-electron chi connectivity index (χ4n) is 2.23. The summed E-state index contributed by atoms with van der Waals surface area (Å²) in [5.41, 5.74) is -0.387. The van der Waals surface area contributed by atoms with Gasteiger partial charge in [0.05, 0.1) is 1.37 Å². The van der Waals surface area contributed by atoms with E-state index in [9.17, 15) is 35.8 Å². The monoisotopic (exact) mass is 418 g/mol.